The first-order valence-electron chi connectivity index (χ1n) is 10.7. The average Bonchev–Trinajstić information content (AvgIpc) is 2.69. The summed E-state index contributed by atoms with van der Waals surface area (Å²) in [4.78, 5) is 2.60. The summed E-state index contributed by atoms with van der Waals surface area (Å²) >= 11 is 3.68. The Balaban J connectivity index is 1.35. The molecule has 1 heterocycles. The molecular weight excluding hydrogens is 454 g/mol. The van der Waals surface area contributed by atoms with Gasteiger partial charge in [0.15, 0.2) is 0 Å². The van der Waals surface area contributed by atoms with E-state index in [1.54, 1.807) is 7.11 Å². The van der Waals surface area contributed by atoms with Crippen LogP contribution in [-0.4, -0.2) is 46.1 Å². The zero-order chi connectivity index (χ0) is 20.9. The lowest BCUT2D eigenvalue weighted by Gasteiger charge is -2.34. The van der Waals surface area contributed by atoms with Gasteiger partial charge in [0.05, 0.1) is 7.11 Å². The first-order valence-corrected chi connectivity index (χ1v) is 13.0. The fourth-order valence-electron chi connectivity index (χ4n) is 4.73. The maximum atomic E-state index is 11.2. The van der Waals surface area contributed by atoms with Gasteiger partial charge in [-0.2, -0.15) is 13.1 Å². The topological polar surface area (TPSA) is 84.7 Å². The standard InChI is InChI=1S/C21H34BrN3O3S/c1-28-20-6-7-21(22)18(15-20)14-17-9-12-25(13-10-17)11-8-16-2-4-19(5-3-16)24-29(23,26)27/h6-7,15-17,19,24H,2-5,8-14H2,1H3,(H2,23,26,27)/t16-,19-. The van der Waals surface area contributed by atoms with Crippen LogP contribution in [0.25, 0.3) is 0 Å². The molecule has 0 unspecified atom stereocenters. The van der Waals surface area contributed by atoms with Crippen LogP contribution in [0.4, 0.5) is 0 Å². The van der Waals surface area contributed by atoms with Crippen LogP contribution >= 0.6 is 15.9 Å². The summed E-state index contributed by atoms with van der Waals surface area (Å²) in [7, 11) is -1.86. The Labute approximate surface area is 183 Å². The zero-order valence-corrected chi connectivity index (χ0v) is 19.7. The molecule has 0 radical (unpaired) electrons. The predicted octanol–water partition coefficient (Wildman–Crippen LogP) is 3.45. The molecule has 6 nitrogen and oxygen atoms in total. The van der Waals surface area contributed by atoms with Crippen molar-refractivity contribution in [2.45, 2.75) is 57.4 Å². The molecule has 1 saturated heterocycles. The van der Waals surface area contributed by atoms with Crippen LogP contribution in [-0.2, 0) is 16.6 Å². The Hall–Kier alpha value is -0.670. The van der Waals surface area contributed by atoms with E-state index in [1.807, 2.05) is 6.07 Å². The Morgan fingerprint density at radius 3 is 2.45 bits per heavy atom. The largest absolute Gasteiger partial charge is 0.497 e. The number of hydrogen-bond acceptors (Lipinski definition) is 4. The lowest BCUT2D eigenvalue weighted by molar-refractivity contribution is 0.164. The summed E-state index contributed by atoms with van der Waals surface area (Å²) in [5.41, 5.74) is 1.34. The third-order valence-corrected chi connectivity index (χ3v) is 7.94. The molecule has 3 N–H and O–H groups in total. The van der Waals surface area contributed by atoms with Crippen LogP contribution in [0.15, 0.2) is 22.7 Å². The van der Waals surface area contributed by atoms with E-state index in [0.717, 1.165) is 50.3 Å². The molecule has 1 aliphatic heterocycles. The summed E-state index contributed by atoms with van der Waals surface area (Å²) in [6.45, 7) is 3.51. The molecule has 29 heavy (non-hydrogen) atoms. The number of rotatable bonds is 8. The van der Waals surface area contributed by atoms with Crippen LogP contribution < -0.4 is 14.6 Å². The number of nitrogens with two attached hydrogens (primary N) is 1. The highest BCUT2D eigenvalue weighted by Crippen LogP contribution is 2.30. The summed E-state index contributed by atoms with van der Waals surface area (Å²) < 4.78 is 31.4. The Bertz CT molecular complexity index is 758. The van der Waals surface area contributed by atoms with Crippen molar-refractivity contribution in [2.24, 2.45) is 17.0 Å². The van der Waals surface area contributed by atoms with Gasteiger partial charge in [0.2, 0.25) is 0 Å². The van der Waals surface area contributed by atoms with Gasteiger partial charge in [0.25, 0.3) is 10.2 Å². The van der Waals surface area contributed by atoms with Crippen LogP contribution in [0.5, 0.6) is 5.75 Å². The minimum Gasteiger partial charge on any atom is -0.497 e. The predicted molar refractivity (Wildman–Crippen MR) is 120 cm³/mol. The van der Waals surface area contributed by atoms with Crippen LogP contribution in [0.3, 0.4) is 0 Å². The van der Waals surface area contributed by atoms with Crippen molar-refractivity contribution >= 4 is 26.1 Å². The Morgan fingerprint density at radius 2 is 1.83 bits per heavy atom. The molecule has 0 aromatic heterocycles. The van der Waals surface area contributed by atoms with Crippen molar-refractivity contribution in [3.63, 3.8) is 0 Å². The quantitative estimate of drug-likeness (QED) is 0.587. The van der Waals surface area contributed by atoms with E-state index in [4.69, 9.17) is 9.88 Å². The highest BCUT2D eigenvalue weighted by Gasteiger charge is 2.25. The van der Waals surface area contributed by atoms with Crippen molar-refractivity contribution in [3.05, 3.63) is 28.2 Å². The molecular formula is C21H34BrN3O3S. The Kier molecular flexibility index (Phi) is 8.39. The van der Waals surface area contributed by atoms with Crippen molar-refractivity contribution in [2.75, 3.05) is 26.7 Å². The van der Waals surface area contributed by atoms with Gasteiger partial charge in [0.1, 0.15) is 5.75 Å². The van der Waals surface area contributed by atoms with E-state index in [1.165, 1.54) is 42.4 Å². The average molecular weight is 488 g/mol. The van der Waals surface area contributed by atoms with E-state index >= 15 is 0 Å². The molecule has 1 aliphatic carbocycles. The van der Waals surface area contributed by atoms with Crippen molar-refractivity contribution < 1.29 is 13.2 Å². The number of ether oxygens (including phenoxy) is 1. The van der Waals surface area contributed by atoms with Gasteiger partial charge in [-0.1, -0.05) is 15.9 Å². The number of methoxy groups -OCH3 is 1. The van der Waals surface area contributed by atoms with E-state index in [9.17, 15) is 8.42 Å². The maximum absolute atomic E-state index is 11.2. The number of halogens is 1. The molecule has 0 spiro atoms. The smallest absolute Gasteiger partial charge is 0.274 e. The van der Waals surface area contributed by atoms with Crippen LogP contribution in [0.2, 0.25) is 0 Å². The normalized spacial score (nSPS) is 24.5. The van der Waals surface area contributed by atoms with Gasteiger partial charge in [-0.15, -0.1) is 0 Å². The molecule has 2 aliphatic rings. The van der Waals surface area contributed by atoms with Gasteiger partial charge < -0.3 is 9.64 Å². The van der Waals surface area contributed by atoms with Crippen molar-refractivity contribution in [3.8, 4) is 5.75 Å². The highest BCUT2D eigenvalue weighted by atomic mass is 79.9. The SMILES string of the molecule is COc1ccc(Br)c(CC2CCN(CC[C@H]3CC[C@H](NS(N)(=O)=O)CC3)CC2)c1. The molecule has 2 fully saturated rings. The van der Waals surface area contributed by atoms with E-state index in [2.05, 4.69) is 37.7 Å². The number of benzene rings is 1. The fourth-order valence-corrected chi connectivity index (χ4v) is 5.83. The minimum absolute atomic E-state index is 0.0212. The summed E-state index contributed by atoms with van der Waals surface area (Å²) in [5, 5.41) is 5.09. The molecule has 0 amide bonds. The molecule has 0 bridgehead atoms. The monoisotopic (exact) mass is 487 g/mol. The van der Waals surface area contributed by atoms with Crippen LogP contribution in [0, 0.1) is 11.8 Å². The Morgan fingerprint density at radius 1 is 1.14 bits per heavy atom. The minimum atomic E-state index is -3.57. The molecule has 0 atom stereocenters. The highest BCUT2D eigenvalue weighted by molar-refractivity contribution is 9.10. The number of hydrogen-bond donors (Lipinski definition) is 2. The third-order valence-electron chi connectivity index (χ3n) is 6.50. The van der Waals surface area contributed by atoms with E-state index in [-0.39, 0.29) is 6.04 Å². The zero-order valence-electron chi connectivity index (χ0n) is 17.3. The third kappa shape index (κ3) is 7.51. The van der Waals surface area contributed by atoms with Gasteiger partial charge in [0, 0.05) is 10.5 Å². The van der Waals surface area contributed by atoms with E-state index < -0.39 is 10.2 Å². The fraction of sp³-hybridized carbons (Fsp3) is 0.714. The number of nitrogens with one attached hydrogen (secondary N) is 1. The van der Waals surface area contributed by atoms with Crippen LogP contribution in [0.1, 0.15) is 50.5 Å². The van der Waals surface area contributed by atoms with Crippen molar-refractivity contribution in [1.82, 2.24) is 9.62 Å². The van der Waals surface area contributed by atoms with Gasteiger partial charge >= 0.3 is 0 Å². The second-order valence-electron chi connectivity index (χ2n) is 8.62. The first-order chi connectivity index (χ1) is 13.8. The van der Waals surface area contributed by atoms with E-state index in [0.29, 0.717) is 5.92 Å². The number of piperidine rings is 1. The van der Waals surface area contributed by atoms with Gasteiger partial charge in [-0.3, -0.25) is 0 Å². The number of likely N-dealkylation sites (tertiary alicyclic amines) is 1. The number of nitrogens with zero attached hydrogens (tertiary/aromatic N) is 1. The van der Waals surface area contributed by atoms with Gasteiger partial charge in [-0.25, -0.2) is 5.14 Å². The summed E-state index contributed by atoms with van der Waals surface area (Å²) in [6, 6.07) is 6.25. The summed E-state index contributed by atoms with van der Waals surface area (Å²) in [5.74, 6) is 2.36. The molecule has 8 heteroatoms. The summed E-state index contributed by atoms with van der Waals surface area (Å²) in [6.07, 6.45) is 8.79. The van der Waals surface area contributed by atoms with Gasteiger partial charge in [-0.05, 0) is 107 Å². The molecule has 1 aromatic carbocycles. The second-order valence-corrected chi connectivity index (χ2v) is 10.8. The molecule has 164 valence electrons. The second kappa shape index (κ2) is 10.6. The lowest BCUT2D eigenvalue weighted by atomic mass is 9.84. The lowest BCUT2D eigenvalue weighted by Crippen LogP contribution is -2.41. The maximum Gasteiger partial charge on any atom is 0.274 e. The molecule has 3 rings (SSSR count). The molecule has 1 saturated carbocycles. The first kappa shape index (κ1) is 23.0. The van der Waals surface area contributed by atoms with Crippen molar-refractivity contribution in [1.29, 1.82) is 0 Å². The molecule has 1 aromatic rings.